The first-order valence-corrected chi connectivity index (χ1v) is 6.34. The highest BCUT2D eigenvalue weighted by molar-refractivity contribution is 14.1. The van der Waals surface area contributed by atoms with Gasteiger partial charge < -0.3 is 5.32 Å². The van der Waals surface area contributed by atoms with Crippen molar-refractivity contribution in [2.75, 3.05) is 0 Å². The molecule has 7 heteroatoms. The van der Waals surface area contributed by atoms with Crippen LogP contribution in [0, 0.1) is 0 Å². The Labute approximate surface area is 118 Å². The van der Waals surface area contributed by atoms with E-state index < -0.39 is 15.6 Å². The van der Waals surface area contributed by atoms with Crippen molar-refractivity contribution in [2.45, 2.75) is 16.6 Å². The minimum Gasteiger partial charge on any atom is -0.330 e. The monoisotopic (exact) mass is 421 g/mol. The van der Waals surface area contributed by atoms with Gasteiger partial charge in [0, 0.05) is 4.47 Å². The lowest BCUT2D eigenvalue weighted by molar-refractivity contribution is -0.174. The highest BCUT2D eigenvalue weighted by atomic mass is 127. The Morgan fingerprint density at radius 1 is 1.29 bits per heavy atom. The van der Waals surface area contributed by atoms with Crippen LogP contribution in [0.25, 0.3) is 0 Å². The van der Waals surface area contributed by atoms with Crippen LogP contribution >= 0.6 is 38.5 Å². The van der Waals surface area contributed by atoms with Gasteiger partial charge in [-0.1, -0.05) is 28.1 Å². The van der Waals surface area contributed by atoms with E-state index in [1.807, 2.05) is 5.32 Å². The minimum atomic E-state index is -4.87. The molecule has 0 heterocycles. The quantitative estimate of drug-likeness (QED) is 0.440. The first kappa shape index (κ1) is 14.7. The third-order valence-corrected chi connectivity index (χ3v) is 3.41. The van der Waals surface area contributed by atoms with Crippen LogP contribution in [-0.2, 0) is 8.34 Å². The van der Waals surface area contributed by atoms with E-state index in [-0.39, 0.29) is 0 Å². The molecule has 2 nitrogen and oxygen atoms in total. The van der Waals surface area contributed by atoms with Gasteiger partial charge in [-0.3, -0.25) is 4.79 Å². The maximum atomic E-state index is 12.1. The Kier molecular flexibility index (Phi) is 4.45. The van der Waals surface area contributed by atoms with E-state index in [9.17, 15) is 18.0 Å². The summed E-state index contributed by atoms with van der Waals surface area (Å²) in [6, 6.07) is 6.69. The maximum Gasteiger partial charge on any atom is 0.471 e. The third kappa shape index (κ3) is 4.13. The molecule has 0 bridgehead atoms. The van der Waals surface area contributed by atoms with Crippen molar-refractivity contribution in [2.24, 2.45) is 0 Å². The molecule has 0 aliphatic heterocycles. The molecule has 1 rings (SSSR count). The van der Waals surface area contributed by atoms with Crippen LogP contribution in [0.2, 0.25) is 0 Å². The van der Waals surface area contributed by atoms with E-state index in [2.05, 4.69) is 15.9 Å². The van der Waals surface area contributed by atoms with Crippen molar-refractivity contribution >= 4 is 44.4 Å². The Balaban J connectivity index is 2.89. The van der Waals surface area contributed by atoms with Gasteiger partial charge in [-0.15, -0.1) is 0 Å². The summed E-state index contributed by atoms with van der Waals surface area (Å²) in [4.78, 5) is 10.9. The van der Waals surface area contributed by atoms with E-state index in [1.54, 1.807) is 46.9 Å². The van der Waals surface area contributed by atoms with Crippen molar-refractivity contribution in [1.29, 1.82) is 0 Å². The van der Waals surface area contributed by atoms with E-state index in [0.29, 0.717) is 5.56 Å². The van der Waals surface area contributed by atoms with Crippen molar-refractivity contribution in [3.63, 3.8) is 0 Å². The van der Waals surface area contributed by atoms with Gasteiger partial charge >= 0.3 is 12.1 Å². The zero-order valence-electron chi connectivity index (χ0n) is 8.61. The Hall–Kier alpha value is -0.310. The summed E-state index contributed by atoms with van der Waals surface area (Å²) in [5.41, 5.74) is 0.582. The number of carbonyl (C=O) groups is 1. The molecule has 0 fully saturated rings. The van der Waals surface area contributed by atoms with Crippen LogP contribution in [0.3, 0.4) is 0 Å². The number of halogens is 5. The van der Waals surface area contributed by atoms with Gasteiger partial charge in [0.05, 0.1) is 0 Å². The number of amides is 1. The maximum absolute atomic E-state index is 12.1. The predicted molar refractivity (Wildman–Crippen MR) is 69.7 cm³/mol. The zero-order valence-corrected chi connectivity index (χ0v) is 12.4. The Morgan fingerprint density at radius 3 is 2.18 bits per heavy atom. The lowest BCUT2D eigenvalue weighted by atomic mass is 10.1. The van der Waals surface area contributed by atoms with Crippen LogP contribution in [0.1, 0.15) is 12.5 Å². The molecule has 0 aromatic heterocycles. The van der Waals surface area contributed by atoms with Crippen LogP contribution in [0.15, 0.2) is 28.7 Å². The standard InChI is InChI=1S/C10H8BrF3INO/c1-9(15,16-8(17)10(12,13)14)6-2-4-7(11)5-3-6/h2-5H,1H3,(H,16,17). The van der Waals surface area contributed by atoms with Crippen molar-refractivity contribution in [1.82, 2.24) is 5.32 Å². The van der Waals surface area contributed by atoms with Gasteiger partial charge in [0.1, 0.15) is 3.55 Å². The van der Waals surface area contributed by atoms with Crippen molar-refractivity contribution in [3.8, 4) is 0 Å². The molecule has 0 radical (unpaired) electrons. The lowest BCUT2D eigenvalue weighted by Crippen LogP contribution is -2.45. The summed E-state index contributed by atoms with van der Waals surface area (Å²) in [5, 5.41) is 1.94. The number of carbonyl (C=O) groups excluding carboxylic acids is 1. The normalized spacial score (nSPS) is 15.2. The summed E-state index contributed by atoms with van der Waals surface area (Å²) in [6.07, 6.45) is -4.87. The predicted octanol–water partition coefficient (Wildman–Crippen LogP) is 3.74. The SMILES string of the molecule is CC(I)(NC(=O)C(F)(F)F)c1ccc(Br)cc1. The van der Waals surface area contributed by atoms with Gasteiger partial charge in [0.25, 0.3) is 0 Å². The average Bonchev–Trinajstić information content (AvgIpc) is 2.16. The van der Waals surface area contributed by atoms with E-state index in [0.717, 1.165) is 4.47 Å². The molecular weight excluding hydrogens is 414 g/mol. The van der Waals surface area contributed by atoms with E-state index in [4.69, 9.17) is 0 Å². The van der Waals surface area contributed by atoms with Crippen LogP contribution < -0.4 is 5.32 Å². The molecule has 0 spiro atoms. The summed E-state index contributed by atoms with van der Waals surface area (Å²) in [6.45, 7) is 1.50. The van der Waals surface area contributed by atoms with Crippen molar-refractivity contribution < 1.29 is 18.0 Å². The fraction of sp³-hybridized carbons (Fsp3) is 0.300. The fourth-order valence-corrected chi connectivity index (χ4v) is 1.99. The molecule has 1 atom stereocenters. The number of benzene rings is 1. The second kappa shape index (κ2) is 5.13. The summed E-state index contributed by atoms with van der Waals surface area (Å²) < 4.78 is 36.1. The first-order chi connectivity index (χ1) is 7.63. The second-order valence-electron chi connectivity index (χ2n) is 3.46. The van der Waals surface area contributed by atoms with Gasteiger partial charge in [-0.2, -0.15) is 13.2 Å². The highest BCUT2D eigenvalue weighted by Crippen LogP contribution is 2.30. The first-order valence-electron chi connectivity index (χ1n) is 4.47. The number of hydrogen-bond donors (Lipinski definition) is 1. The molecule has 0 saturated heterocycles. The third-order valence-electron chi connectivity index (χ3n) is 1.99. The molecule has 17 heavy (non-hydrogen) atoms. The van der Waals surface area contributed by atoms with Crippen LogP contribution in [0.4, 0.5) is 13.2 Å². The number of alkyl halides is 4. The molecule has 1 unspecified atom stereocenters. The molecular formula is C10H8BrF3INO. The molecule has 1 aromatic carbocycles. The minimum absolute atomic E-state index is 0.582. The summed E-state index contributed by atoms with van der Waals surface area (Å²) in [7, 11) is 0. The molecule has 1 amide bonds. The van der Waals surface area contributed by atoms with E-state index in [1.165, 1.54) is 6.92 Å². The van der Waals surface area contributed by atoms with Crippen LogP contribution in [0.5, 0.6) is 0 Å². The molecule has 1 N–H and O–H groups in total. The number of nitrogens with one attached hydrogen (secondary N) is 1. The average molecular weight is 422 g/mol. The van der Waals surface area contributed by atoms with Crippen molar-refractivity contribution in [3.05, 3.63) is 34.3 Å². The summed E-state index contributed by atoms with van der Waals surface area (Å²) >= 11 is 4.99. The molecule has 0 saturated carbocycles. The van der Waals surface area contributed by atoms with Gasteiger partial charge in [0.15, 0.2) is 0 Å². The smallest absolute Gasteiger partial charge is 0.330 e. The van der Waals surface area contributed by atoms with E-state index >= 15 is 0 Å². The largest absolute Gasteiger partial charge is 0.471 e. The lowest BCUT2D eigenvalue weighted by Gasteiger charge is -2.25. The molecule has 94 valence electrons. The summed E-state index contributed by atoms with van der Waals surface area (Å²) in [5.74, 6) is -1.95. The molecule has 0 aliphatic rings. The highest BCUT2D eigenvalue weighted by Gasteiger charge is 2.42. The number of hydrogen-bond acceptors (Lipinski definition) is 1. The number of rotatable bonds is 2. The molecule has 0 aliphatic carbocycles. The van der Waals surface area contributed by atoms with Gasteiger partial charge in [-0.05, 0) is 47.2 Å². The van der Waals surface area contributed by atoms with Crippen LogP contribution in [-0.4, -0.2) is 12.1 Å². The van der Waals surface area contributed by atoms with Gasteiger partial charge in [0.2, 0.25) is 0 Å². The Bertz CT molecular complexity index is 417. The van der Waals surface area contributed by atoms with Gasteiger partial charge in [-0.25, -0.2) is 0 Å². The molecule has 1 aromatic rings. The second-order valence-corrected chi connectivity index (χ2v) is 6.53. The topological polar surface area (TPSA) is 29.1 Å². The fourth-order valence-electron chi connectivity index (χ4n) is 1.12. The Morgan fingerprint density at radius 2 is 1.76 bits per heavy atom. The zero-order chi connectivity index (χ0) is 13.3.